The quantitative estimate of drug-likeness (QED) is 0.259. The van der Waals surface area contributed by atoms with Crippen LogP contribution in [0.15, 0.2) is 17.9 Å². The van der Waals surface area contributed by atoms with E-state index < -0.39 is 0 Å². The Labute approximate surface area is 126 Å². The lowest BCUT2D eigenvalue weighted by atomic mass is 10.1. The third-order valence-electron chi connectivity index (χ3n) is 1.97. The number of rotatable bonds is 2. The summed E-state index contributed by atoms with van der Waals surface area (Å²) in [6.07, 6.45) is 1.01. The van der Waals surface area contributed by atoms with Gasteiger partial charge in [0.15, 0.2) is 0 Å². The summed E-state index contributed by atoms with van der Waals surface area (Å²) in [5.41, 5.74) is 2.59. The van der Waals surface area contributed by atoms with E-state index in [1.165, 1.54) is 11.1 Å². The highest BCUT2D eigenvalue weighted by molar-refractivity contribution is 9.15. The number of hydrogen-bond acceptors (Lipinski definition) is 0. The largest absolute Gasteiger partial charge is 0.0924 e. The molecule has 5 heteroatoms. The standard InChI is InChI=1S/C9H7Br5/c1-4-5(2-3-10)7(12)9(14)8(13)6(4)11/h2-3H2,1H3. The molecular weight excluding hydrogens is 508 g/mol. The fourth-order valence-electron chi connectivity index (χ4n) is 1.18. The minimum atomic E-state index is 0.965. The van der Waals surface area contributed by atoms with Gasteiger partial charge in [-0.2, -0.15) is 0 Å². The zero-order valence-electron chi connectivity index (χ0n) is 7.30. The van der Waals surface area contributed by atoms with Crippen LogP contribution in [-0.4, -0.2) is 5.33 Å². The minimum Gasteiger partial charge on any atom is -0.0924 e. The normalized spacial score (nSPS) is 10.7. The second-order valence-electron chi connectivity index (χ2n) is 2.80. The van der Waals surface area contributed by atoms with E-state index in [0.717, 1.165) is 29.6 Å². The molecule has 0 amide bonds. The van der Waals surface area contributed by atoms with Gasteiger partial charge in [-0.1, -0.05) is 15.9 Å². The lowest BCUT2D eigenvalue weighted by molar-refractivity contribution is 1.10. The van der Waals surface area contributed by atoms with E-state index in [9.17, 15) is 0 Å². The van der Waals surface area contributed by atoms with Gasteiger partial charge in [0.2, 0.25) is 0 Å². The molecule has 1 aromatic carbocycles. The summed E-state index contributed by atoms with van der Waals surface area (Å²) in [5.74, 6) is 0. The molecule has 0 bridgehead atoms. The van der Waals surface area contributed by atoms with Crippen LogP contribution in [0.4, 0.5) is 0 Å². The average Bonchev–Trinajstić information content (AvgIpc) is 2.19. The molecule has 0 nitrogen and oxygen atoms in total. The molecule has 1 rings (SSSR count). The summed E-state index contributed by atoms with van der Waals surface area (Å²) in [6, 6.07) is 0. The smallest absolute Gasteiger partial charge is 0.0474 e. The second kappa shape index (κ2) is 5.80. The summed E-state index contributed by atoms with van der Waals surface area (Å²) < 4.78 is 4.36. The fourth-order valence-corrected chi connectivity index (χ4v) is 4.17. The van der Waals surface area contributed by atoms with Crippen LogP contribution in [0.5, 0.6) is 0 Å². The van der Waals surface area contributed by atoms with Crippen LogP contribution in [0.1, 0.15) is 11.1 Å². The van der Waals surface area contributed by atoms with Gasteiger partial charge in [-0.05, 0) is 88.2 Å². The summed E-state index contributed by atoms with van der Waals surface area (Å²) in [6.45, 7) is 2.12. The number of benzene rings is 1. The van der Waals surface area contributed by atoms with Crippen LogP contribution >= 0.6 is 79.6 Å². The van der Waals surface area contributed by atoms with Crippen molar-refractivity contribution in [2.45, 2.75) is 13.3 Å². The number of halogens is 5. The van der Waals surface area contributed by atoms with Crippen LogP contribution in [0.3, 0.4) is 0 Å². The Morgan fingerprint density at radius 1 is 0.857 bits per heavy atom. The molecule has 78 valence electrons. The van der Waals surface area contributed by atoms with E-state index in [1.54, 1.807) is 0 Å². The molecular formula is C9H7Br5. The van der Waals surface area contributed by atoms with Crippen LogP contribution < -0.4 is 0 Å². The Balaban J connectivity index is 3.43. The molecule has 0 aliphatic carbocycles. The molecule has 0 atom stereocenters. The van der Waals surface area contributed by atoms with Crippen molar-refractivity contribution in [1.29, 1.82) is 0 Å². The van der Waals surface area contributed by atoms with E-state index in [1.807, 2.05) is 0 Å². The van der Waals surface area contributed by atoms with Gasteiger partial charge in [-0.3, -0.25) is 0 Å². The topological polar surface area (TPSA) is 0 Å². The van der Waals surface area contributed by atoms with E-state index >= 15 is 0 Å². The molecule has 0 aliphatic rings. The van der Waals surface area contributed by atoms with Crippen molar-refractivity contribution in [3.63, 3.8) is 0 Å². The molecule has 14 heavy (non-hydrogen) atoms. The first-order chi connectivity index (χ1) is 6.50. The minimum absolute atomic E-state index is 0.965. The summed E-state index contributed by atoms with van der Waals surface area (Å²) in [7, 11) is 0. The van der Waals surface area contributed by atoms with E-state index in [-0.39, 0.29) is 0 Å². The Morgan fingerprint density at radius 3 is 1.86 bits per heavy atom. The van der Waals surface area contributed by atoms with Gasteiger partial charge < -0.3 is 0 Å². The number of alkyl halides is 1. The third-order valence-corrected chi connectivity index (χ3v) is 7.41. The van der Waals surface area contributed by atoms with Crippen molar-refractivity contribution < 1.29 is 0 Å². The van der Waals surface area contributed by atoms with E-state index in [4.69, 9.17) is 0 Å². The predicted molar refractivity (Wildman–Crippen MR) is 79.5 cm³/mol. The molecule has 0 spiro atoms. The number of hydrogen-bond donors (Lipinski definition) is 0. The Kier molecular flexibility index (Phi) is 5.67. The van der Waals surface area contributed by atoms with E-state index in [0.29, 0.717) is 0 Å². The molecule has 0 aromatic heterocycles. The van der Waals surface area contributed by atoms with Crippen molar-refractivity contribution in [3.8, 4) is 0 Å². The first kappa shape index (κ1) is 13.7. The third kappa shape index (κ3) is 2.65. The highest BCUT2D eigenvalue weighted by atomic mass is 79.9. The highest BCUT2D eigenvalue weighted by Crippen LogP contribution is 2.41. The SMILES string of the molecule is Cc1c(Br)c(Br)c(Br)c(Br)c1CCBr. The van der Waals surface area contributed by atoms with Crippen molar-refractivity contribution in [3.05, 3.63) is 29.0 Å². The molecule has 0 saturated carbocycles. The van der Waals surface area contributed by atoms with Gasteiger partial charge in [-0.25, -0.2) is 0 Å². The Morgan fingerprint density at radius 2 is 1.36 bits per heavy atom. The van der Waals surface area contributed by atoms with Gasteiger partial charge >= 0.3 is 0 Å². The zero-order chi connectivity index (χ0) is 10.9. The maximum absolute atomic E-state index is 3.60. The maximum atomic E-state index is 3.60. The zero-order valence-corrected chi connectivity index (χ0v) is 15.2. The second-order valence-corrected chi connectivity index (χ2v) is 6.76. The monoisotopic (exact) mass is 510 g/mol. The first-order valence-electron chi connectivity index (χ1n) is 3.88. The van der Waals surface area contributed by atoms with Gasteiger partial charge in [0, 0.05) is 23.2 Å². The van der Waals surface area contributed by atoms with Gasteiger partial charge in [0.1, 0.15) is 0 Å². The Hall–Kier alpha value is 1.62. The summed E-state index contributed by atoms with van der Waals surface area (Å²) in [5, 5.41) is 0.965. The van der Waals surface area contributed by atoms with Crippen LogP contribution in [0.2, 0.25) is 0 Å². The van der Waals surface area contributed by atoms with Crippen molar-refractivity contribution in [1.82, 2.24) is 0 Å². The van der Waals surface area contributed by atoms with Gasteiger partial charge in [0.25, 0.3) is 0 Å². The molecule has 0 heterocycles. The fraction of sp³-hybridized carbons (Fsp3) is 0.333. The van der Waals surface area contributed by atoms with Crippen molar-refractivity contribution in [2.24, 2.45) is 0 Å². The summed E-state index contributed by atoms with van der Waals surface area (Å²) >= 11 is 17.7. The van der Waals surface area contributed by atoms with Crippen molar-refractivity contribution in [2.75, 3.05) is 5.33 Å². The molecule has 1 aromatic rings. The first-order valence-corrected chi connectivity index (χ1v) is 8.17. The lowest BCUT2D eigenvalue weighted by Gasteiger charge is -2.13. The lowest BCUT2D eigenvalue weighted by Crippen LogP contribution is -1.96. The van der Waals surface area contributed by atoms with Crippen molar-refractivity contribution >= 4 is 79.6 Å². The average molecular weight is 515 g/mol. The molecule has 0 radical (unpaired) electrons. The maximum Gasteiger partial charge on any atom is 0.0474 e. The molecule has 0 N–H and O–H groups in total. The highest BCUT2D eigenvalue weighted by Gasteiger charge is 2.15. The Bertz CT molecular complexity index is 330. The molecule has 0 aliphatic heterocycles. The van der Waals surface area contributed by atoms with Gasteiger partial charge in [-0.15, -0.1) is 0 Å². The van der Waals surface area contributed by atoms with Crippen LogP contribution in [0.25, 0.3) is 0 Å². The van der Waals surface area contributed by atoms with Gasteiger partial charge in [0.05, 0.1) is 0 Å². The van der Waals surface area contributed by atoms with Crippen LogP contribution in [0, 0.1) is 6.92 Å². The summed E-state index contributed by atoms with van der Waals surface area (Å²) in [4.78, 5) is 0. The van der Waals surface area contributed by atoms with E-state index in [2.05, 4.69) is 86.6 Å². The molecule has 0 fully saturated rings. The van der Waals surface area contributed by atoms with Crippen LogP contribution in [-0.2, 0) is 6.42 Å². The molecule has 0 unspecified atom stereocenters. The predicted octanol–water partition coefficient (Wildman–Crippen LogP) is 5.98. The molecule has 0 saturated heterocycles.